The quantitative estimate of drug-likeness (QED) is 0.868. The first-order valence-electron chi connectivity index (χ1n) is 9.11. The maximum Gasteiger partial charge on any atom is 0.317 e. The smallest absolute Gasteiger partial charge is 0.317 e. The molecule has 1 atom stereocenters. The molecule has 0 bridgehead atoms. The van der Waals surface area contributed by atoms with Crippen molar-refractivity contribution in [2.45, 2.75) is 58.0 Å². The minimum atomic E-state index is 0.0349. The van der Waals surface area contributed by atoms with Crippen LogP contribution in [0, 0.1) is 5.92 Å². The average molecular weight is 329 g/mol. The Bertz CT molecular complexity index is 581. The van der Waals surface area contributed by atoms with Crippen LogP contribution in [-0.2, 0) is 11.3 Å². The number of hydrogen-bond acceptors (Lipinski definition) is 2. The van der Waals surface area contributed by atoms with Crippen LogP contribution in [-0.4, -0.2) is 29.4 Å². The van der Waals surface area contributed by atoms with Gasteiger partial charge < -0.3 is 15.5 Å². The van der Waals surface area contributed by atoms with Crippen LogP contribution in [0.1, 0.15) is 51.0 Å². The SMILES string of the molecule is CCC1CCCCN1C(=O)NCc1ccc(NC(=O)C2CC2)cc1. The Morgan fingerprint density at radius 3 is 2.54 bits per heavy atom. The molecule has 1 aliphatic heterocycles. The van der Waals surface area contributed by atoms with Crippen molar-refractivity contribution >= 4 is 17.6 Å². The van der Waals surface area contributed by atoms with Crippen molar-refractivity contribution < 1.29 is 9.59 Å². The third-order valence-corrected chi connectivity index (χ3v) is 4.97. The van der Waals surface area contributed by atoms with Gasteiger partial charge >= 0.3 is 6.03 Å². The second kappa shape index (κ2) is 7.69. The van der Waals surface area contributed by atoms with Gasteiger partial charge in [0.15, 0.2) is 0 Å². The lowest BCUT2D eigenvalue weighted by Gasteiger charge is -2.35. The second-order valence-corrected chi connectivity index (χ2v) is 6.87. The van der Waals surface area contributed by atoms with Crippen LogP contribution < -0.4 is 10.6 Å². The summed E-state index contributed by atoms with van der Waals surface area (Å²) in [6.07, 6.45) is 6.45. The van der Waals surface area contributed by atoms with Gasteiger partial charge in [-0.1, -0.05) is 19.1 Å². The van der Waals surface area contributed by atoms with Gasteiger partial charge in [-0.05, 0) is 56.2 Å². The van der Waals surface area contributed by atoms with E-state index < -0.39 is 0 Å². The molecule has 5 heteroatoms. The molecule has 24 heavy (non-hydrogen) atoms. The highest BCUT2D eigenvalue weighted by Crippen LogP contribution is 2.30. The van der Waals surface area contributed by atoms with E-state index in [0.717, 1.165) is 49.9 Å². The van der Waals surface area contributed by atoms with Gasteiger partial charge in [-0.25, -0.2) is 4.79 Å². The number of piperidine rings is 1. The predicted octanol–water partition coefficient (Wildman–Crippen LogP) is 3.51. The Balaban J connectivity index is 1.48. The van der Waals surface area contributed by atoms with Gasteiger partial charge in [-0.15, -0.1) is 0 Å². The average Bonchev–Trinajstić information content (AvgIpc) is 3.46. The summed E-state index contributed by atoms with van der Waals surface area (Å²) in [4.78, 5) is 26.1. The first kappa shape index (κ1) is 16.8. The predicted molar refractivity (Wildman–Crippen MR) is 94.7 cm³/mol. The third kappa shape index (κ3) is 4.28. The monoisotopic (exact) mass is 329 g/mol. The van der Waals surface area contributed by atoms with Gasteiger partial charge in [0.25, 0.3) is 0 Å². The van der Waals surface area contributed by atoms with Gasteiger partial charge in [0.2, 0.25) is 5.91 Å². The molecule has 1 aromatic carbocycles. The molecule has 0 spiro atoms. The van der Waals surface area contributed by atoms with E-state index in [2.05, 4.69) is 17.6 Å². The number of nitrogens with one attached hydrogen (secondary N) is 2. The summed E-state index contributed by atoms with van der Waals surface area (Å²) in [5.74, 6) is 0.326. The summed E-state index contributed by atoms with van der Waals surface area (Å²) >= 11 is 0. The topological polar surface area (TPSA) is 61.4 Å². The van der Waals surface area contributed by atoms with E-state index in [0.29, 0.717) is 12.6 Å². The largest absolute Gasteiger partial charge is 0.334 e. The van der Waals surface area contributed by atoms with Crippen molar-refractivity contribution in [3.05, 3.63) is 29.8 Å². The number of benzene rings is 1. The normalized spacial score (nSPS) is 20.5. The Hall–Kier alpha value is -2.04. The fourth-order valence-corrected chi connectivity index (χ4v) is 3.27. The van der Waals surface area contributed by atoms with E-state index in [-0.39, 0.29) is 17.9 Å². The first-order valence-corrected chi connectivity index (χ1v) is 9.11. The molecule has 1 saturated heterocycles. The number of urea groups is 1. The van der Waals surface area contributed by atoms with Crippen molar-refractivity contribution in [2.75, 3.05) is 11.9 Å². The Morgan fingerprint density at radius 1 is 1.12 bits per heavy atom. The Labute approximate surface area is 143 Å². The van der Waals surface area contributed by atoms with Crippen LogP contribution in [0.5, 0.6) is 0 Å². The zero-order valence-electron chi connectivity index (χ0n) is 14.4. The molecule has 130 valence electrons. The molecule has 0 radical (unpaired) electrons. The summed E-state index contributed by atoms with van der Waals surface area (Å²) in [5, 5.41) is 5.95. The summed E-state index contributed by atoms with van der Waals surface area (Å²) in [7, 11) is 0. The van der Waals surface area contributed by atoms with E-state index in [4.69, 9.17) is 0 Å². The molecule has 2 aliphatic rings. The van der Waals surface area contributed by atoms with Gasteiger partial charge in [0.05, 0.1) is 0 Å². The highest BCUT2D eigenvalue weighted by Gasteiger charge is 2.29. The van der Waals surface area contributed by atoms with E-state index in [1.54, 1.807) is 0 Å². The highest BCUT2D eigenvalue weighted by molar-refractivity contribution is 5.94. The summed E-state index contributed by atoms with van der Waals surface area (Å²) in [6, 6.07) is 8.12. The van der Waals surface area contributed by atoms with E-state index in [1.807, 2.05) is 29.2 Å². The lowest BCUT2D eigenvalue weighted by atomic mass is 10.0. The third-order valence-electron chi connectivity index (χ3n) is 4.97. The lowest BCUT2D eigenvalue weighted by Crippen LogP contribution is -2.48. The molecule has 2 N–H and O–H groups in total. The summed E-state index contributed by atoms with van der Waals surface area (Å²) in [5.41, 5.74) is 1.86. The first-order chi connectivity index (χ1) is 11.7. The van der Waals surface area contributed by atoms with E-state index in [1.165, 1.54) is 6.42 Å². The fourth-order valence-electron chi connectivity index (χ4n) is 3.27. The van der Waals surface area contributed by atoms with Crippen LogP contribution in [0.2, 0.25) is 0 Å². The number of likely N-dealkylation sites (tertiary alicyclic amines) is 1. The zero-order valence-corrected chi connectivity index (χ0v) is 14.4. The van der Waals surface area contributed by atoms with Crippen molar-refractivity contribution in [1.82, 2.24) is 10.2 Å². The van der Waals surface area contributed by atoms with Crippen molar-refractivity contribution in [3.63, 3.8) is 0 Å². The van der Waals surface area contributed by atoms with E-state index in [9.17, 15) is 9.59 Å². The number of hydrogen-bond donors (Lipinski definition) is 2. The molecule has 0 aromatic heterocycles. The fraction of sp³-hybridized carbons (Fsp3) is 0.579. The number of carbonyl (C=O) groups excluding carboxylic acids is 2. The minimum Gasteiger partial charge on any atom is -0.334 e. The molecule has 5 nitrogen and oxygen atoms in total. The zero-order chi connectivity index (χ0) is 16.9. The maximum absolute atomic E-state index is 12.4. The van der Waals surface area contributed by atoms with Crippen LogP contribution in [0.25, 0.3) is 0 Å². The standard InChI is InChI=1S/C19H27N3O2/c1-2-17-5-3-4-12-22(17)19(24)20-13-14-6-10-16(11-7-14)21-18(23)15-8-9-15/h6-7,10-11,15,17H,2-5,8-9,12-13H2,1H3,(H,20,24)(H,21,23). The molecule has 1 heterocycles. The van der Waals surface area contributed by atoms with Crippen LogP contribution in [0.4, 0.5) is 10.5 Å². The summed E-state index contributed by atoms with van der Waals surface area (Å²) < 4.78 is 0. The number of carbonyl (C=O) groups is 2. The van der Waals surface area contributed by atoms with Crippen LogP contribution >= 0.6 is 0 Å². The van der Waals surface area contributed by atoms with Gasteiger partial charge in [-0.2, -0.15) is 0 Å². The summed E-state index contributed by atoms with van der Waals surface area (Å²) in [6.45, 7) is 3.52. The van der Waals surface area contributed by atoms with Crippen molar-refractivity contribution in [3.8, 4) is 0 Å². The van der Waals surface area contributed by atoms with Gasteiger partial charge in [0.1, 0.15) is 0 Å². The maximum atomic E-state index is 12.4. The molecule has 3 rings (SSSR count). The van der Waals surface area contributed by atoms with E-state index >= 15 is 0 Å². The molecular weight excluding hydrogens is 302 g/mol. The molecule has 1 unspecified atom stereocenters. The molecule has 1 aromatic rings. The number of anilines is 1. The molecule has 2 fully saturated rings. The molecule has 1 aliphatic carbocycles. The van der Waals surface area contributed by atoms with Crippen LogP contribution in [0.3, 0.4) is 0 Å². The molecular formula is C19H27N3O2. The molecule has 3 amide bonds. The number of amides is 3. The van der Waals surface area contributed by atoms with Gasteiger partial charge in [-0.3, -0.25) is 4.79 Å². The van der Waals surface area contributed by atoms with Gasteiger partial charge in [0, 0.05) is 30.7 Å². The lowest BCUT2D eigenvalue weighted by molar-refractivity contribution is -0.117. The van der Waals surface area contributed by atoms with Crippen LogP contribution in [0.15, 0.2) is 24.3 Å². The van der Waals surface area contributed by atoms with Crippen molar-refractivity contribution in [1.29, 1.82) is 0 Å². The van der Waals surface area contributed by atoms with Crippen molar-refractivity contribution in [2.24, 2.45) is 5.92 Å². The number of nitrogens with zero attached hydrogens (tertiary/aromatic N) is 1. The Kier molecular flexibility index (Phi) is 5.38. The minimum absolute atomic E-state index is 0.0349. The molecule has 1 saturated carbocycles. The Morgan fingerprint density at radius 2 is 1.88 bits per heavy atom. The number of rotatable bonds is 5. The highest BCUT2D eigenvalue weighted by atomic mass is 16.2. The second-order valence-electron chi connectivity index (χ2n) is 6.87.